The molecule has 0 aromatic heterocycles. The molecule has 2 aliphatic rings. The smallest absolute Gasteiger partial charge is 0.221 e. The Hall–Kier alpha value is -1.93. The SMILES string of the molecule is COc1cccc(C2C(S(=O)(=O)N3CCc4ccccc4C3)CON2C)c1. The van der Waals surface area contributed by atoms with Crippen LogP contribution in [0.4, 0.5) is 0 Å². The van der Waals surface area contributed by atoms with Crippen molar-refractivity contribution in [3.05, 3.63) is 65.2 Å². The molecule has 0 spiro atoms. The number of ether oxygens (including phenoxy) is 1. The molecular formula is C20H24N2O4S. The second kappa shape index (κ2) is 7.24. The van der Waals surface area contributed by atoms with E-state index in [4.69, 9.17) is 9.57 Å². The fourth-order valence-electron chi connectivity index (χ4n) is 3.97. The number of benzene rings is 2. The fourth-order valence-corrected chi connectivity index (χ4v) is 5.91. The van der Waals surface area contributed by atoms with E-state index < -0.39 is 15.3 Å². The minimum atomic E-state index is -3.53. The Balaban J connectivity index is 1.64. The molecule has 4 rings (SSSR count). The molecule has 27 heavy (non-hydrogen) atoms. The summed E-state index contributed by atoms with van der Waals surface area (Å²) in [5.41, 5.74) is 3.19. The van der Waals surface area contributed by atoms with Crippen LogP contribution in [-0.4, -0.2) is 50.3 Å². The first kappa shape index (κ1) is 18.4. The Morgan fingerprint density at radius 2 is 1.89 bits per heavy atom. The molecule has 0 N–H and O–H groups in total. The minimum Gasteiger partial charge on any atom is -0.497 e. The summed E-state index contributed by atoms with van der Waals surface area (Å²) in [6.07, 6.45) is 0.739. The summed E-state index contributed by atoms with van der Waals surface area (Å²) in [5, 5.41) is 0.995. The summed E-state index contributed by atoms with van der Waals surface area (Å²) in [7, 11) is -0.141. The number of hydrogen-bond acceptors (Lipinski definition) is 5. The molecule has 6 nitrogen and oxygen atoms in total. The van der Waals surface area contributed by atoms with Crippen molar-refractivity contribution in [2.45, 2.75) is 24.3 Å². The summed E-state index contributed by atoms with van der Waals surface area (Å²) >= 11 is 0. The van der Waals surface area contributed by atoms with Crippen molar-refractivity contribution in [1.82, 2.24) is 9.37 Å². The number of rotatable bonds is 4. The van der Waals surface area contributed by atoms with Gasteiger partial charge in [-0.05, 0) is 35.2 Å². The van der Waals surface area contributed by atoms with Crippen LogP contribution in [0.15, 0.2) is 48.5 Å². The van der Waals surface area contributed by atoms with Gasteiger partial charge in [0, 0.05) is 20.1 Å². The topological polar surface area (TPSA) is 59.1 Å². The average Bonchev–Trinajstić information content (AvgIpc) is 3.10. The van der Waals surface area contributed by atoms with Gasteiger partial charge in [0.25, 0.3) is 0 Å². The summed E-state index contributed by atoms with van der Waals surface area (Å²) in [6, 6.07) is 15.2. The van der Waals surface area contributed by atoms with E-state index >= 15 is 0 Å². The van der Waals surface area contributed by atoms with Crippen LogP contribution in [0.5, 0.6) is 5.75 Å². The van der Waals surface area contributed by atoms with Crippen LogP contribution in [0.2, 0.25) is 0 Å². The van der Waals surface area contributed by atoms with Crippen molar-refractivity contribution in [3.63, 3.8) is 0 Å². The highest BCUT2D eigenvalue weighted by Gasteiger charge is 2.46. The zero-order chi connectivity index (χ0) is 19.0. The molecule has 2 aromatic rings. The molecule has 0 amide bonds. The number of hydroxylamine groups is 2. The molecule has 144 valence electrons. The van der Waals surface area contributed by atoms with Crippen molar-refractivity contribution >= 4 is 10.0 Å². The van der Waals surface area contributed by atoms with Crippen LogP contribution >= 0.6 is 0 Å². The minimum absolute atomic E-state index is 0.152. The van der Waals surface area contributed by atoms with Crippen molar-refractivity contribution in [3.8, 4) is 5.75 Å². The standard InChI is InChI=1S/C20H24N2O4S/c1-21-20(16-8-5-9-18(12-16)25-2)19(14-26-21)27(23,24)22-11-10-15-6-3-4-7-17(15)13-22/h3-9,12,19-20H,10-11,13-14H2,1-2H3. The molecule has 2 heterocycles. The van der Waals surface area contributed by atoms with Crippen molar-refractivity contribution in [1.29, 1.82) is 0 Å². The first-order valence-electron chi connectivity index (χ1n) is 9.06. The predicted octanol–water partition coefficient (Wildman–Crippen LogP) is 2.37. The monoisotopic (exact) mass is 388 g/mol. The van der Waals surface area contributed by atoms with Crippen molar-refractivity contribution < 1.29 is 18.0 Å². The van der Waals surface area contributed by atoms with E-state index in [-0.39, 0.29) is 12.6 Å². The lowest BCUT2D eigenvalue weighted by molar-refractivity contribution is -0.110. The van der Waals surface area contributed by atoms with Gasteiger partial charge in [-0.15, -0.1) is 0 Å². The number of hydrogen-bond donors (Lipinski definition) is 0. The Kier molecular flexibility index (Phi) is 4.94. The van der Waals surface area contributed by atoms with E-state index in [1.807, 2.05) is 42.5 Å². The number of methoxy groups -OCH3 is 1. The maximum atomic E-state index is 13.5. The van der Waals surface area contributed by atoms with Crippen LogP contribution in [0.1, 0.15) is 22.7 Å². The van der Waals surface area contributed by atoms with E-state index in [1.165, 1.54) is 5.56 Å². The number of sulfonamides is 1. The third-order valence-corrected chi connectivity index (χ3v) is 7.65. The number of fused-ring (bicyclic) bond motifs is 1. The molecule has 0 bridgehead atoms. The normalized spacial score (nSPS) is 23.9. The first-order valence-corrected chi connectivity index (χ1v) is 10.6. The van der Waals surface area contributed by atoms with Crippen LogP contribution < -0.4 is 4.74 Å². The zero-order valence-corrected chi connectivity index (χ0v) is 16.4. The van der Waals surface area contributed by atoms with Gasteiger partial charge in [0.2, 0.25) is 10.0 Å². The summed E-state index contributed by atoms with van der Waals surface area (Å²) in [5.74, 6) is 0.704. The van der Waals surface area contributed by atoms with E-state index in [0.29, 0.717) is 18.8 Å². The molecule has 2 aromatic carbocycles. The van der Waals surface area contributed by atoms with Gasteiger partial charge in [-0.1, -0.05) is 36.4 Å². The Labute approximate surface area is 160 Å². The third-order valence-electron chi connectivity index (χ3n) is 5.46. The highest BCUT2D eigenvalue weighted by Crippen LogP contribution is 2.37. The van der Waals surface area contributed by atoms with Gasteiger partial charge in [-0.25, -0.2) is 8.42 Å². The maximum absolute atomic E-state index is 13.5. The third kappa shape index (κ3) is 3.36. The maximum Gasteiger partial charge on any atom is 0.221 e. The molecule has 0 radical (unpaired) electrons. The van der Waals surface area contributed by atoms with Gasteiger partial charge in [-0.2, -0.15) is 9.37 Å². The van der Waals surface area contributed by atoms with Crippen molar-refractivity contribution in [2.24, 2.45) is 0 Å². The zero-order valence-electron chi connectivity index (χ0n) is 15.5. The fraction of sp³-hybridized carbons (Fsp3) is 0.400. The summed E-state index contributed by atoms with van der Waals surface area (Å²) in [4.78, 5) is 5.64. The molecule has 1 fully saturated rings. The van der Waals surface area contributed by atoms with Crippen molar-refractivity contribution in [2.75, 3.05) is 27.3 Å². The number of nitrogens with zero attached hydrogens (tertiary/aromatic N) is 2. The van der Waals surface area contributed by atoms with Gasteiger partial charge >= 0.3 is 0 Å². The largest absolute Gasteiger partial charge is 0.497 e. The van der Waals surface area contributed by atoms with E-state index in [1.54, 1.807) is 23.5 Å². The summed E-state index contributed by atoms with van der Waals surface area (Å²) in [6.45, 7) is 1.08. The van der Waals surface area contributed by atoms with Gasteiger partial charge in [0.1, 0.15) is 11.0 Å². The van der Waals surface area contributed by atoms with Crippen LogP contribution in [0, 0.1) is 0 Å². The predicted molar refractivity (Wildman–Crippen MR) is 103 cm³/mol. The van der Waals surface area contributed by atoms with E-state index in [9.17, 15) is 8.42 Å². The molecule has 2 unspecified atom stereocenters. The van der Waals surface area contributed by atoms with Crippen LogP contribution in [-0.2, 0) is 27.8 Å². The molecule has 2 atom stereocenters. The lowest BCUT2D eigenvalue weighted by atomic mass is 10.0. The Morgan fingerprint density at radius 1 is 1.11 bits per heavy atom. The van der Waals surface area contributed by atoms with Gasteiger partial charge < -0.3 is 4.74 Å². The lowest BCUT2D eigenvalue weighted by Crippen LogP contribution is -2.44. The lowest BCUT2D eigenvalue weighted by Gasteiger charge is -2.32. The van der Waals surface area contributed by atoms with Gasteiger partial charge in [0.05, 0.1) is 19.8 Å². The van der Waals surface area contributed by atoms with E-state index in [0.717, 1.165) is 17.5 Å². The second-order valence-corrected chi connectivity index (χ2v) is 9.15. The quantitative estimate of drug-likeness (QED) is 0.805. The molecule has 0 aliphatic carbocycles. The first-order chi connectivity index (χ1) is 13.0. The highest BCUT2D eigenvalue weighted by atomic mass is 32.2. The Bertz CT molecular complexity index is 931. The highest BCUT2D eigenvalue weighted by molar-refractivity contribution is 7.89. The molecule has 2 aliphatic heterocycles. The Morgan fingerprint density at radius 3 is 2.67 bits per heavy atom. The average molecular weight is 388 g/mol. The molecular weight excluding hydrogens is 364 g/mol. The van der Waals surface area contributed by atoms with Gasteiger partial charge in [-0.3, -0.25) is 4.84 Å². The van der Waals surface area contributed by atoms with E-state index in [2.05, 4.69) is 6.07 Å². The molecule has 7 heteroatoms. The summed E-state index contributed by atoms with van der Waals surface area (Å²) < 4.78 is 33.9. The van der Waals surface area contributed by atoms with Crippen LogP contribution in [0.3, 0.4) is 0 Å². The second-order valence-electron chi connectivity index (χ2n) is 7.00. The molecule has 0 saturated carbocycles. The van der Waals surface area contributed by atoms with Crippen LogP contribution in [0.25, 0.3) is 0 Å². The van der Waals surface area contributed by atoms with Gasteiger partial charge in [0.15, 0.2) is 0 Å². The molecule has 1 saturated heterocycles.